The van der Waals surface area contributed by atoms with Crippen molar-refractivity contribution in [2.75, 3.05) is 0 Å². The molecule has 0 atom stereocenters. The molecule has 25 heavy (non-hydrogen) atoms. The standard InChI is InChI=1S/C23H28O2/c1-17(2)10-12-20-14-22(25-16-19-8-6-5-7-9-19)15-21(23(20)24)13-11-18(3)4/h5-11,14-15,24H,12-13,16H2,1-4H3. The van der Waals surface area contributed by atoms with Crippen LogP contribution in [0.1, 0.15) is 44.4 Å². The van der Waals surface area contributed by atoms with Gasteiger partial charge in [-0.05, 0) is 58.2 Å². The number of hydrogen-bond acceptors (Lipinski definition) is 2. The molecule has 2 aromatic carbocycles. The van der Waals surface area contributed by atoms with Gasteiger partial charge in [0.1, 0.15) is 18.1 Å². The van der Waals surface area contributed by atoms with E-state index >= 15 is 0 Å². The summed E-state index contributed by atoms with van der Waals surface area (Å²) in [6.45, 7) is 8.79. The number of hydrogen-bond donors (Lipinski definition) is 1. The van der Waals surface area contributed by atoms with Gasteiger partial charge in [0.2, 0.25) is 0 Å². The highest BCUT2D eigenvalue weighted by molar-refractivity contribution is 5.48. The Bertz CT molecular complexity index is 706. The van der Waals surface area contributed by atoms with Gasteiger partial charge in [-0.15, -0.1) is 0 Å². The van der Waals surface area contributed by atoms with Crippen molar-refractivity contribution in [2.45, 2.75) is 47.1 Å². The summed E-state index contributed by atoms with van der Waals surface area (Å²) in [6, 6.07) is 14.0. The predicted octanol–water partition coefficient (Wildman–Crippen LogP) is 5.99. The van der Waals surface area contributed by atoms with Gasteiger partial charge >= 0.3 is 0 Å². The largest absolute Gasteiger partial charge is 0.507 e. The molecular weight excluding hydrogens is 308 g/mol. The van der Waals surface area contributed by atoms with Crippen molar-refractivity contribution in [1.29, 1.82) is 0 Å². The molecule has 0 aliphatic carbocycles. The topological polar surface area (TPSA) is 29.5 Å². The third kappa shape index (κ3) is 6.15. The lowest BCUT2D eigenvalue weighted by Gasteiger charge is -2.13. The summed E-state index contributed by atoms with van der Waals surface area (Å²) in [5.74, 6) is 1.18. The van der Waals surface area contributed by atoms with E-state index in [1.807, 2.05) is 30.3 Å². The highest BCUT2D eigenvalue weighted by atomic mass is 16.5. The van der Waals surface area contributed by atoms with Crippen molar-refractivity contribution in [3.63, 3.8) is 0 Å². The Kier molecular flexibility index (Phi) is 6.88. The first kappa shape index (κ1) is 18.9. The van der Waals surface area contributed by atoms with Crippen LogP contribution in [0.2, 0.25) is 0 Å². The first-order valence-electron chi connectivity index (χ1n) is 8.74. The molecule has 0 aliphatic heterocycles. The highest BCUT2D eigenvalue weighted by Gasteiger charge is 2.10. The van der Waals surface area contributed by atoms with Crippen LogP contribution in [0.3, 0.4) is 0 Å². The molecule has 2 nitrogen and oxygen atoms in total. The SMILES string of the molecule is CC(C)=CCc1cc(OCc2ccccc2)cc(CC=C(C)C)c1O. The summed E-state index contributed by atoms with van der Waals surface area (Å²) in [7, 11) is 0. The van der Waals surface area contributed by atoms with Gasteiger partial charge in [-0.25, -0.2) is 0 Å². The van der Waals surface area contributed by atoms with Crippen LogP contribution in [-0.2, 0) is 19.4 Å². The summed E-state index contributed by atoms with van der Waals surface area (Å²) >= 11 is 0. The maximum Gasteiger partial charge on any atom is 0.122 e. The molecule has 2 heteroatoms. The maximum atomic E-state index is 10.6. The summed E-state index contributed by atoms with van der Waals surface area (Å²) in [4.78, 5) is 0. The number of rotatable bonds is 7. The van der Waals surface area contributed by atoms with Crippen LogP contribution < -0.4 is 4.74 Å². The van der Waals surface area contributed by atoms with Crippen LogP contribution in [0.5, 0.6) is 11.5 Å². The summed E-state index contributed by atoms with van der Waals surface area (Å²) < 4.78 is 5.99. The van der Waals surface area contributed by atoms with Crippen molar-refractivity contribution < 1.29 is 9.84 Å². The van der Waals surface area contributed by atoms with Crippen LogP contribution in [-0.4, -0.2) is 5.11 Å². The van der Waals surface area contributed by atoms with Crippen LogP contribution in [0.4, 0.5) is 0 Å². The molecule has 0 radical (unpaired) electrons. The zero-order valence-corrected chi connectivity index (χ0v) is 15.7. The lowest BCUT2D eigenvalue weighted by molar-refractivity contribution is 0.305. The quantitative estimate of drug-likeness (QED) is 0.629. The lowest BCUT2D eigenvalue weighted by atomic mass is 10.0. The highest BCUT2D eigenvalue weighted by Crippen LogP contribution is 2.30. The Balaban J connectivity index is 2.27. The van der Waals surface area contributed by atoms with E-state index in [0.29, 0.717) is 25.2 Å². The molecule has 0 bridgehead atoms. The molecule has 2 rings (SSSR count). The van der Waals surface area contributed by atoms with Crippen molar-refractivity contribution >= 4 is 0 Å². The van der Waals surface area contributed by atoms with Crippen LogP contribution >= 0.6 is 0 Å². The van der Waals surface area contributed by atoms with E-state index in [4.69, 9.17) is 4.74 Å². The number of phenolic OH excluding ortho intramolecular Hbond substituents is 1. The fourth-order valence-corrected chi connectivity index (χ4v) is 2.49. The van der Waals surface area contributed by atoms with E-state index in [1.165, 1.54) is 11.1 Å². The van der Waals surface area contributed by atoms with E-state index in [0.717, 1.165) is 22.4 Å². The molecule has 0 saturated heterocycles. The molecule has 132 valence electrons. The van der Waals surface area contributed by atoms with E-state index in [9.17, 15) is 5.11 Å². The first-order valence-corrected chi connectivity index (χ1v) is 8.74. The fraction of sp³-hybridized carbons (Fsp3) is 0.304. The third-order valence-electron chi connectivity index (χ3n) is 3.95. The Morgan fingerprint density at radius 1 is 0.880 bits per heavy atom. The minimum Gasteiger partial charge on any atom is -0.507 e. The number of benzene rings is 2. The molecular formula is C23H28O2. The predicted molar refractivity (Wildman–Crippen MR) is 105 cm³/mol. The molecule has 0 saturated carbocycles. The normalized spacial score (nSPS) is 10.2. The van der Waals surface area contributed by atoms with Gasteiger partial charge in [0.15, 0.2) is 0 Å². The van der Waals surface area contributed by atoms with Crippen molar-refractivity contribution in [2.24, 2.45) is 0 Å². The molecule has 0 unspecified atom stereocenters. The van der Waals surface area contributed by atoms with E-state index in [1.54, 1.807) is 0 Å². The second-order valence-electron chi connectivity index (χ2n) is 6.84. The molecule has 0 aliphatic rings. The van der Waals surface area contributed by atoms with Gasteiger partial charge in [-0.2, -0.15) is 0 Å². The van der Waals surface area contributed by atoms with Gasteiger partial charge in [0, 0.05) is 11.1 Å². The second-order valence-corrected chi connectivity index (χ2v) is 6.84. The van der Waals surface area contributed by atoms with Crippen LogP contribution in [0, 0.1) is 0 Å². The second kappa shape index (κ2) is 9.12. The minimum atomic E-state index is 0.377. The number of ether oxygens (including phenoxy) is 1. The summed E-state index contributed by atoms with van der Waals surface area (Å²) in [5, 5.41) is 10.6. The average molecular weight is 336 g/mol. The Morgan fingerprint density at radius 3 is 1.88 bits per heavy atom. The van der Waals surface area contributed by atoms with Crippen molar-refractivity contribution in [3.8, 4) is 11.5 Å². The molecule has 2 aromatic rings. The van der Waals surface area contributed by atoms with Crippen molar-refractivity contribution in [1.82, 2.24) is 0 Å². The minimum absolute atomic E-state index is 0.377. The Morgan fingerprint density at radius 2 is 1.40 bits per heavy atom. The van der Waals surface area contributed by atoms with Crippen LogP contribution in [0.25, 0.3) is 0 Å². The summed E-state index contributed by atoms with van der Waals surface area (Å²) in [5.41, 5.74) is 5.42. The molecule has 1 N–H and O–H groups in total. The first-order chi connectivity index (χ1) is 12.0. The monoisotopic (exact) mass is 336 g/mol. The molecule has 0 heterocycles. The molecule has 0 spiro atoms. The zero-order chi connectivity index (χ0) is 18.2. The van der Waals surface area contributed by atoms with Crippen LogP contribution in [0.15, 0.2) is 65.8 Å². The van der Waals surface area contributed by atoms with Crippen molar-refractivity contribution in [3.05, 3.63) is 82.5 Å². The van der Waals surface area contributed by atoms with Gasteiger partial charge in [0.05, 0.1) is 0 Å². The lowest BCUT2D eigenvalue weighted by Crippen LogP contribution is -1.98. The fourth-order valence-electron chi connectivity index (χ4n) is 2.49. The maximum absolute atomic E-state index is 10.6. The number of phenols is 1. The molecule has 0 amide bonds. The number of allylic oxidation sites excluding steroid dienone is 4. The van der Waals surface area contributed by atoms with E-state index in [-0.39, 0.29) is 0 Å². The van der Waals surface area contributed by atoms with Gasteiger partial charge in [-0.3, -0.25) is 0 Å². The zero-order valence-electron chi connectivity index (χ0n) is 15.7. The number of aromatic hydroxyl groups is 1. The Labute approximate surface area is 151 Å². The Hall–Kier alpha value is -2.48. The molecule has 0 fully saturated rings. The van der Waals surface area contributed by atoms with Gasteiger partial charge in [0.25, 0.3) is 0 Å². The molecule has 0 aromatic heterocycles. The third-order valence-corrected chi connectivity index (χ3v) is 3.95. The van der Waals surface area contributed by atoms with Gasteiger partial charge < -0.3 is 9.84 Å². The van der Waals surface area contributed by atoms with E-state index in [2.05, 4.69) is 52.0 Å². The van der Waals surface area contributed by atoms with E-state index < -0.39 is 0 Å². The smallest absolute Gasteiger partial charge is 0.122 e. The average Bonchev–Trinajstić information content (AvgIpc) is 2.59. The summed E-state index contributed by atoms with van der Waals surface area (Å²) in [6.07, 6.45) is 5.67. The van der Waals surface area contributed by atoms with Gasteiger partial charge in [-0.1, -0.05) is 53.6 Å².